The van der Waals surface area contributed by atoms with Gasteiger partial charge in [0.2, 0.25) is 0 Å². The van der Waals surface area contributed by atoms with E-state index in [1.54, 1.807) is 6.92 Å². The van der Waals surface area contributed by atoms with Gasteiger partial charge in [-0.25, -0.2) is 0 Å². The van der Waals surface area contributed by atoms with Crippen LogP contribution in [-0.4, -0.2) is 11.3 Å². The third kappa shape index (κ3) is 1.86. The van der Waals surface area contributed by atoms with Crippen LogP contribution in [0.4, 0.5) is 0 Å². The van der Waals surface area contributed by atoms with E-state index in [1.807, 2.05) is 25.1 Å². The molecule has 0 saturated carbocycles. The quantitative estimate of drug-likeness (QED) is 0.730. The normalized spacial score (nSPS) is 10.2. The lowest BCUT2D eigenvalue weighted by Gasteiger charge is -1.96. The molecule has 0 saturated heterocycles. The number of furan rings is 1. The van der Waals surface area contributed by atoms with Gasteiger partial charge >= 0.3 is 0 Å². The van der Waals surface area contributed by atoms with Gasteiger partial charge in [-0.15, -0.1) is 0 Å². The Hall–Kier alpha value is -1.61. The van der Waals surface area contributed by atoms with Crippen molar-refractivity contribution in [3.05, 3.63) is 35.1 Å². The van der Waals surface area contributed by atoms with E-state index in [2.05, 4.69) is 6.92 Å². The van der Waals surface area contributed by atoms with Crippen LogP contribution in [0.25, 0.3) is 11.0 Å². The molecule has 1 heterocycles. The molecule has 2 N–H and O–H groups in total. The maximum Gasteiger partial charge on any atom is 0.163 e. The van der Waals surface area contributed by atoms with Crippen LogP contribution < -0.4 is 0 Å². The molecule has 2 aromatic rings. The van der Waals surface area contributed by atoms with Gasteiger partial charge in [0, 0.05) is 5.39 Å². The second-order valence-electron chi connectivity index (χ2n) is 3.77. The largest absolute Gasteiger partial charge is 0.461 e. The molecular formula is C13H16O3. The fraction of sp³-hybridized carbons (Fsp3) is 0.308. The molecule has 0 amide bonds. The Kier molecular flexibility index (Phi) is 3.50. The van der Waals surface area contributed by atoms with Crippen LogP contribution in [0.1, 0.15) is 35.5 Å². The minimum Gasteiger partial charge on any atom is -0.461 e. The zero-order valence-electron chi connectivity index (χ0n) is 9.76. The maximum atomic E-state index is 11.5. The lowest BCUT2D eigenvalue weighted by atomic mass is 10.0. The SMILES string of the molecule is CCc1ccc2oc(C)c(C(C)=O)c2c1.O. The first kappa shape index (κ1) is 12.5. The summed E-state index contributed by atoms with van der Waals surface area (Å²) in [7, 11) is 0. The number of rotatable bonds is 2. The van der Waals surface area contributed by atoms with E-state index in [-0.39, 0.29) is 11.3 Å². The monoisotopic (exact) mass is 220 g/mol. The summed E-state index contributed by atoms with van der Waals surface area (Å²) in [4.78, 5) is 11.5. The predicted octanol–water partition coefficient (Wildman–Crippen LogP) is 2.68. The molecule has 0 aliphatic carbocycles. The Morgan fingerprint density at radius 2 is 2.06 bits per heavy atom. The van der Waals surface area contributed by atoms with E-state index in [9.17, 15) is 4.79 Å². The summed E-state index contributed by atoms with van der Waals surface area (Å²) in [5, 5.41) is 0.944. The molecule has 1 aromatic heterocycles. The Morgan fingerprint density at radius 3 is 2.62 bits per heavy atom. The van der Waals surface area contributed by atoms with Crippen molar-refractivity contribution in [1.82, 2.24) is 0 Å². The zero-order valence-corrected chi connectivity index (χ0v) is 9.76. The molecule has 16 heavy (non-hydrogen) atoms. The summed E-state index contributed by atoms with van der Waals surface area (Å²) < 4.78 is 5.54. The Bertz CT molecular complexity index is 523. The number of aryl methyl sites for hydroxylation is 2. The van der Waals surface area contributed by atoms with E-state index in [0.717, 1.165) is 23.0 Å². The van der Waals surface area contributed by atoms with Gasteiger partial charge in [0.05, 0.1) is 5.56 Å². The molecule has 0 fully saturated rings. The van der Waals surface area contributed by atoms with Crippen molar-refractivity contribution in [1.29, 1.82) is 0 Å². The number of benzene rings is 1. The lowest BCUT2D eigenvalue weighted by molar-refractivity contribution is 0.101. The Balaban J connectivity index is 0.00000128. The smallest absolute Gasteiger partial charge is 0.163 e. The van der Waals surface area contributed by atoms with Crippen LogP contribution in [0.2, 0.25) is 0 Å². The van der Waals surface area contributed by atoms with Crippen molar-refractivity contribution < 1.29 is 14.7 Å². The van der Waals surface area contributed by atoms with Crippen molar-refractivity contribution in [3.63, 3.8) is 0 Å². The average molecular weight is 220 g/mol. The third-order valence-corrected chi connectivity index (χ3v) is 2.69. The van der Waals surface area contributed by atoms with Crippen molar-refractivity contribution >= 4 is 16.8 Å². The molecule has 0 aliphatic heterocycles. The van der Waals surface area contributed by atoms with E-state index in [4.69, 9.17) is 4.42 Å². The second-order valence-corrected chi connectivity index (χ2v) is 3.77. The van der Waals surface area contributed by atoms with Gasteiger partial charge in [0.15, 0.2) is 5.78 Å². The van der Waals surface area contributed by atoms with Gasteiger partial charge in [0.25, 0.3) is 0 Å². The Labute approximate surface area is 94.4 Å². The third-order valence-electron chi connectivity index (χ3n) is 2.69. The summed E-state index contributed by atoms with van der Waals surface area (Å²) >= 11 is 0. The number of hydrogen-bond acceptors (Lipinski definition) is 2. The summed E-state index contributed by atoms with van der Waals surface area (Å²) in [5.74, 6) is 0.783. The maximum absolute atomic E-state index is 11.5. The molecule has 3 heteroatoms. The molecule has 0 atom stereocenters. The number of ketones is 1. The molecule has 2 rings (SSSR count). The molecular weight excluding hydrogens is 204 g/mol. The number of carbonyl (C=O) groups excluding carboxylic acids is 1. The summed E-state index contributed by atoms with van der Waals surface area (Å²) in [5.41, 5.74) is 2.75. The molecule has 0 unspecified atom stereocenters. The predicted molar refractivity (Wildman–Crippen MR) is 63.9 cm³/mol. The first-order valence-electron chi connectivity index (χ1n) is 5.16. The average Bonchev–Trinajstić information content (AvgIpc) is 2.52. The first-order valence-corrected chi connectivity index (χ1v) is 5.16. The molecule has 3 nitrogen and oxygen atoms in total. The van der Waals surface area contributed by atoms with Gasteiger partial charge in [-0.2, -0.15) is 0 Å². The van der Waals surface area contributed by atoms with Crippen LogP contribution in [0.3, 0.4) is 0 Å². The molecule has 0 spiro atoms. The van der Waals surface area contributed by atoms with E-state index in [1.165, 1.54) is 5.56 Å². The van der Waals surface area contributed by atoms with E-state index < -0.39 is 0 Å². The van der Waals surface area contributed by atoms with Crippen molar-refractivity contribution in [2.24, 2.45) is 0 Å². The van der Waals surface area contributed by atoms with Crippen LogP contribution in [0.5, 0.6) is 0 Å². The first-order chi connectivity index (χ1) is 7.13. The van der Waals surface area contributed by atoms with Gasteiger partial charge in [-0.1, -0.05) is 13.0 Å². The number of Topliss-reactive ketones (excluding diaryl/α,β-unsaturated/α-hetero) is 1. The second kappa shape index (κ2) is 4.49. The number of carbonyl (C=O) groups is 1. The van der Waals surface area contributed by atoms with Crippen molar-refractivity contribution in [2.75, 3.05) is 0 Å². The van der Waals surface area contributed by atoms with Crippen LogP contribution in [-0.2, 0) is 6.42 Å². The molecule has 86 valence electrons. The zero-order chi connectivity index (χ0) is 11.0. The molecule has 0 bridgehead atoms. The molecule has 0 aliphatic rings. The highest BCUT2D eigenvalue weighted by Crippen LogP contribution is 2.26. The van der Waals surface area contributed by atoms with Crippen LogP contribution in [0.15, 0.2) is 22.6 Å². The number of fused-ring (bicyclic) bond motifs is 1. The highest BCUT2D eigenvalue weighted by Gasteiger charge is 2.14. The minimum absolute atomic E-state index is 0. The number of hydrogen-bond donors (Lipinski definition) is 0. The highest BCUT2D eigenvalue weighted by atomic mass is 16.3. The van der Waals surface area contributed by atoms with E-state index >= 15 is 0 Å². The summed E-state index contributed by atoms with van der Waals surface area (Å²) in [6, 6.07) is 6.02. The minimum atomic E-state index is 0. The van der Waals surface area contributed by atoms with E-state index in [0.29, 0.717) is 5.76 Å². The van der Waals surface area contributed by atoms with Crippen molar-refractivity contribution in [3.8, 4) is 0 Å². The van der Waals surface area contributed by atoms with Crippen molar-refractivity contribution in [2.45, 2.75) is 27.2 Å². The standard InChI is InChI=1S/C13H14O2.H2O/c1-4-10-5-6-12-11(7-10)13(8(2)14)9(3)15-12;/h5-7H,4H2,1-3H3;1H2. The van der Waals surface area contributed by atoms with Gasteiger partial charge < -0.3 is 9.89 Å². The lowest BCUT2D eigenvalue weighted by Crippen LogP contribution is -1.92. The fourth-order valence-electron chi connectivity index (χ4n) is 1.92. The molecule has 0 radical (unpaired) electrons. The molecule has 1 aromatic carbocycles. The fourth-order valence-corrected chi connectivity index (χ4v) is 1.92. The van der Waals surface area contributed by atoms with Gasteiger partial charge in [0.1, 0.15) is 11.3 Å². The van der Waals surface area contributed by atoms with Crippen LogP contribution >= 0.6 is 0 Å². The summed E-state index contributed by atoms with van der Waals surface area (Å²) in [6.45, 7) is 5.51. The van der Waals surface area contributed by atoms with Gasteiger partial charge in [-0.3, -0.25) is 4.79 Å². The highest BCUT2D eigenvalue weighted by molar-refractivity contribution is 6.07. The van der Waals surface area contributed by atoms with Gasteiger partial charge in [-0.05, 0) is 38.0 Å². The summed E-state index contributed by atoms with van der Waals surface area (Å²) in [6.07, 6.45) is 0.970. The Morgan fingerprint density at radius 1 is 1.38 bits per heavy atom. The van der Waals surface area contributed by atoms with Crippen LogP contribution in [0, 0.1) is 6.92 Å². The topological polar surface area (TPSA) is 61.7 Å².